The minimum absolute atomic E-state index is 0.336. The van der Waals surface area contributed by atoms with Crippen LogP contribution in [0, 0.1) is 18.8 Å². The lowest BCUT2D eigenvalue weighted by Gasteiger charge is -2.19. The van der Waals surface area contributed by atoms with E-state index in [0.29, 0.717) is 24.5 Å². The van der Waals surface area contributed by atoms with Crippen LogP contribution in [-0.2, 0) is 20.9 Å². The molecular formula is C21H24F6N4O6. The number of carboxylic acids is 2. The number of nitrogens with one attached hydrogen (secondary N) is 1. The largest absolute Gasteiger partial charge is 0.492 e. The third-order valence-electron chi connectivity index (χ3n) is 5.30. The van der Waals surface area contributed by atoms with Crippen molar-refractivity contribution >= 4 is 11.9 Å². The van der Waals surface area contributed by atoms with Crippen LogP contribution in [0.2, 0.25) is 0 Å². The maximum Gasteiger partial charge on any atom is 0.490 e. The predicted molar refractivity (Wildman–Crippen MR) is 112 cm³/mol. The summed E-state index contributed by atoms with van der Waals surface area (Å²) in [5.41, 5.74) is 2.16. The monoisotopic (exact) mass is 542 g/mol. The number of carbonyl (C=O) groups is 2. The van der Waals surface area contributed by atoms with Crippen molar-refractivity contribution in [3.05, 3.63) is 42.2 Å². The van der Waals surface area contributed by atoms with Gasteiger partial charge in [0.25, 0.3) is 0 Å². The SMILES string of the molecule is Cc1ccc(OC[C@H]2CO[C@@H]3CN(Cc4cnc[nH]4)C[C@H]23)cn1.O=C(O)C(F)(F)F.O=C(O)C(F)(F)F. The Kier molecular flexibility index (Phi) is 10.2. The molecule has 2 saturated heterocycles. The number of aryl methyl sites for hydroxylation is 1. The van der Waals surface area contributed by atoms with Crippen molar-refractivity contribution in [2.24, 2.45) is 11.8 Å². The van der Waals surface area contributed by atoms with E-state index in [2.05, 4.69) is 19.9 Å². The van der Waals surface area contributed by atoms with E-state index in [-0.39, 0.29) is 0 Å². The van der Waals surface area contributed by atoms with Crippen molar-refractivity contribution < 1.29 is 55.6 Å². The van der Waals surface area contributed by atoms with Crippen LogP contribution in [0.4, 0.5) is 26.3 Å². The zero-order valence-electron chi connectivity index (χ0n) is 19.3. The van der Waals surface area contributed by atoms with Crippen molar-refractivity contribution in [3.8, 4) is 5.75 Å². The highest BCUT2D eigenvalue weighted by molar-refractivity contribution is 5.73. The van der Waals surface area contributed by atoms with E-state index in [4.69, 9.17) is 29.3 Å². The maximum absolute atomic E-state index is 10.6. The van der Waals surface area contributed by atoms with Gasteiger partial charge in [0.2, 0.25) is 0 Å². The molecule has 2 aliphatic heterocycles. The average Bonchev–Trinajstić information content (AvgIpc) is 3.52. The molecule has 16 heteroatoms. The van der Waals surface area contributed by atoms with Crippen LogP contribution in [-0.4, -0.2) is 86.8 Å². The highest BCUT2D eigenvalue weighted by Gasteiger charge is 2.44. The van der Waals surface area contributed by atoms with Crippen LogP contribution >= 0.6 is 0 Å². The van der Waals surface area contributed by atoms with Crippen molar-refractivity contribution in [1.82, 2.24) is 19.9 Å². The molecule has 3 atom stereocenters. The molecule has 37 heavy (non-hydrogen) atoms. The van der Waals surface area contributed by atoms with Crippen molar-refractivity contribution in [2.45, 2.75) is 31.9 Å². The molecule has 10 nitrogen and oxygen atoms in total. The number of fused-ring (bicyclic) bond motifs is 1. The Hall–Kier alpha value is -3.40. The van der Waals surface area contributed by atoms with Crippen LogP contribution in [0.25, 0.3) is 0 Å². The number of hydrogen-bond donors (Lipinski definition) is 3. The summed E-state index contributed by atoms with van der Waals surface area (Å²) < 4.78 is 75.4. The van der Waals surface area contributed by atoms with E-state index in [1.807, 2.05) is 25.3 Å². The summed E-state index contributed by atoms with van der Waals surface area (Å²) in [6, 6.07) is 3.96. The second-order valence-corrected chi connectivity index (χ2v) is 8.12. The molecule has 0 spiro atoms. The van der Waals surface area contributed by atoms with Crippen molar-refractivity contribution in [2.75, 3.05) is 26.3 Å². The van der Waals surface area contributed by atoms with Gasteiger partial charge in [0, 0.05) is 49.1 Å². The third kappa shape index (κ3) is 9.87. The Morgan fingerprint density at radius 1 is 1.11 bits per heavy atom. The number of nitrogens with zero attached hydrogens (tertiary/aromatic N) is 3. The Labute approximate surface area is 206 Å². The fourth-order valence-electron chi connectivity index (χ4n) is 3.54. The number of hydrogen-bond acceptors (Lipinski definition) is 7. The lowest BCUT2D eigenvalue weighted by Crippen LogP contribution is -2.26. The van der Waals surface area contributed by atoms with Crippen molar-refractivity contribution in [3.63, 3.8) is 0 Å². The second-order valence-electron chi connectivity index (χ2n) is 8.12. The molecule has 0 amide bonds. The molecule has 2 aromatic heterocycles. The molecule has 0 bridgehead atoms. The molecule has 2 fully saturated rings. The summed E-state index contributed by atoms with van der Waals surface area (Å²) in [4.78, 5) is 31.7. The van der Waals surface area contributed by atoms with E-state index in [1.165, 1.54) is 0 Å². The number of aromatic amines is 1. The number of imidazole rings is 1. The van der Waals surface area contributed by atoms with Gasteiger partial charge in [0.05, 0.1) is 31.8 Å². The normalized spacial score (nSPS) is 21.2. The van der Waals surface area contributed by atoms with Gasteiger partial charge in [0.1, 0.15) is 5.75 Å². The highest BCUT2D eigenvalue weighted by atomic mass is 19.4. The Morgan fingerprint density at radius 3 is 2.22 bits per heavy atom. The molecule has 0 aliphatic carbocycles. The van der Waals surface area contributed by atoms with Gasteiger partial charge >= 0.3 is 24.3 Å². The number of H-pyrrole nitrogens is 1. The topological polar surface area (TPSA) is 138 Å². The lowest BCUT2D eigenvalue weighted by atomic mass is 9.94. The Morgan fingerprint density at radius 2 is 1.73 bits per heavy atom. The third-order valence-corrected chi connectivity index (χ3v) is 5.30. The summed E-state index contributed by atoms with van der Waals surface area (Å²) in [5, 5.41) is 14.2. The first kappa shape index (κ1) is 29.8. The molecule has 2 aliphatic rings. The number of halogens is 6. The summed E-state index contributed by atoms with van der Waals surface area (Å²) >= 11 is 0. The highest BCUT2D eigenvalue weighted by Crippen LogP contribution is 2.34. The molecule has 4 heterocycles. The minimum Gasteiger partial charge on any atom is -0.492 e. The maximum atomic E-state index is 10.6. The number of carboxylic acid groups (broad SMARTS) is 2. The molecule has 206 valence electrons. The van der Waals surface area contributed by atoms with Gasteiger partial charge in [0.15, 0.2) is 0 Å². The quantitative estimate of drug-likeness (QED) is 0.487. The summed E-state index contributed by atoms with van der Waals surface area (Å²) in [6.45, 7) is 6.43. The molecule has 3 N–H and O–H groups in total. The van der Waals surface area contributed by atoms with Gasteiger partial charge in [-0.3, -0.25) is 9.88 Å². The number of rotatable bonds is 5. The summed E-state index contributed by atoms with van der Waals surface area (Å²) in [5.74, 6) is -3.67. The zero-order chi connectivity index (χ0) is 27.8. The molecule has 0 unspecified atom stereocenters. The zero-order valence-corrected chi connectivity index (χ0v) is 19.3. The van der Waals surface area contributed by atoms with Gasteiger partial charge in [-0.2, -0.15) is 26.3 Å². The standard InChI is InChI=1S/C17H22N4O2.2C2HF3O2/c1-12-2-3-15(5-19-12)22-9-13-10-23-17-8-21(7-16(13)17)6-14-4-18-11-20-14;2*3-2(4,5)1(6)7/h2-5,11,13,16-17H,6-10H2,1H3,(H,18,20);2*(H,6,7)/t13-,16+,17+;;/m0../s1. The number of pyridine rings is 1. The van der Waals surface area contributed by atoms with Crippen molar-refractivity contribution in [1.29, 1.82) is 0 Å². The average molecular weight is 542 g/mol. The smallest absolute Gasteiger partial charge is 0.490 e. The minimum atomic E-state index is -5.08. The molecule has 2 aromatic rings. The van der Waals surface area contributed by atoms with Crippen LogP contribution < -0.4 is 4.74 Å². The fourth-order valence-corrected chi connectivity index (χ4v) is 3.54. The van der Waals surface area contributed by atoms with Crippen LogP contribution in [0.15, 0.2) is 30.9 Å². The second kappa shape index (κ2) is 12.7. The predicted octanol–water partition coefficient (Wildman–Crippen LogP) is 2.91. The number of aromatic nitrogens is 3. The first-order valence-corrected chi connectivity index (χ1v) is 10.6. The Bertz CT molecular complexity index is 976. The van der Waals surface area contributed by atoms with Crippen LogP contribution in [0.5, 0.6) is 5.75 Å². The number of ether oxygens (including phenoxy) is 2. The van der Waals surface area contributed by atoms with Gasteiger partial charge in [-0.25, -0.2) is 14.6 Å². The van der Waals surface area contributed by atoms with Gasteiger partial charge < -0.3 is 24.7 Å². The Balaban J connectivity index is 0.000000286. The van der Waals surface area contributed by atoms with Crippen LogP contribution in [0.1, 0.15) is 11.4 Å². The number of likely N-dealkylation sites (tertiary alicyclic amines) is 1. The van der Waals surface area contributed by atoms with E-state index in [0.717, 1.165) is 43.4 Å². The molecular weight excluding hydrogens is 518 g/mol. The summed E-state index contributed by atoms with van der Waals surface area (Å²) in [7, 11) is 0. The van der Waals surface area contributed by atoms with E-state index in [9.17, 15) is 26.3 Å². The van der Waals surface area contributed by atoms with E-state index in [1.54, 1.807) is 12.5 Å². The molecule has 0 radical (unpaired) electrons. The summed E-state index contributed by atoms with van der Waals surface area (Å²) in [6.07, 6.45) is -4.42. The van der Waals surface area contributed by atoms with E-state index < -0.39 is 24.3 Å². The van der Waals surface area contributed by atoms with Gasteiger partial charge in [-0.15, -0.1) is 0 Å². The van der Waals surface area contributed by atoms with Gasteiger partial charge in [-0.05, 0) is 19.1 Å². The van der Waals surface area contributed by atoms with E-state index >= 15 is 0 Å². The number of aliphatic carboxylic acids is 2. The molecule has 0 aromatic carbocycles. The lowest BCUT2D eigenvalue weighted by molar-refractivity contribution is -0.193. The molecule has 0 saturated carbocycles. The number of alkyl halides is 6. The fraction of sp³-hybridized carbons (Fsp3) is 0.524. The molecule has 4 rings (SSSR count). The van der Waals surface area contributed by atoms with Gasteiger partial charge in [-0.1, -0.05) is 0 Å². The first-order valence-electron chi connectivity index (χ1n) is 10.6. The first-order chi connectivity index (χ1) is 17.2. The van der Waals surface area contributed by atoms with Crippen LogP contribution in [0.3, 0.4) is 0 Å².